The fraction of sp³-hybridized carbons (Fsp3) is 0.200. The van der Waals surface area contributed by atoms with E-state index >= 15 is 0 Å². The summed E-state index contributed by atoms with van der Waals surface area (Å²) in [4.78, 5) is 11.8. The van der Waals surface area contributed by atoms with Crippen molar-refractivity contribution in [2.24, 2.45) is 5.10 Å². The lowest BCUT2D eigenvalue weighted by Crippen LogP contribution is -2.34. The van der Waals surface area contributed by atoms with E-state index in [1.54, 1.807) is 25.3 Å². The molecule has 0 saturated heterocycles. The lowest BCUT2D eigenvalue weighted by Gasteiger charge is -2.13. The van der Waals surface area contributed by atoms with Crippen LogP contribution in [-0.2, 0) is 4.79 Å². The fourth-order valence-electron chi connectivity index (χ4n) is 1.67. The number of hydrazone groups is 1. The second-order valence-corrected chi connectivity index (χ2v) is 4.49. The van der Waals surface area contributed by atoms with Crippen LogP contribution in [0.1, 0.15) is 18.2 Å². The average Bonchev–Trinajstić information content (AvgIpc) is 2.91. The number of rotatable bonds is 5. The fourth-order valence-corrected chi connectivity index (χ4v) is 1.67. The van der Waals surface area contributed by atoms with Gasteiger partial charge in [-0.2, -0.15) is 5.10 Å². The first-order chi connectivity index (χ1) is 9.65. The number of hydrogen-bond acceptors (Lipinski definition) is 4. The molecule has 2 rings (SSSR count). The Labute approximate surface area is 117 Å². The first-order valence-electron chi connectivity index (χ1n) is 6.35. The molecule has 1 atom stereocenters. The minimum absolute atomic E-state index is 0.214. The number of nitrogens with zero attached hydrogens (tertiary/aromatic N) is 1. The molecule has 0 bridgehead atoms. The predicted molar refractivity (Wildman–Crippen MR) is 78.7 cm³/mol. The molecule has 1 aromatic heterocycles. The van der Waals surface area contributed by atoms with E-state index in [1.165, 1.54) is 6.21 Å². The van der Waals surface area contributed by atoms with Gasteiger partial charge < -0.3 is 9.73 Å². The molecular weight excluding hydrogens is 254 g/mol. The number of nitrogens with one attached hydrogen (secondary N) is 2. The molecule has 1 amide bonds. The van der Waals surface area contributed by atoms with Gasteiger partial charge in [0.05, 0.1) is 12.5 Å². The minimum atomic E-state index is -0.384. The summed E-state index contributed by atoms with van der Waals surface area (Å²) in [6.07, 6.45) is 3.00. The molecule has 0 aliphatic rings. The zero-order chi connectivity index (χ0) is 14.4. The number of anilines is 1. The molecule has 104 valence electrons. The maximum Gasteiger partial charge on any atom is 0.262 e. The van der Waals surface area contributed by atoms with Gasteiger partial charge in [0, 0.05) is 5.69 Å². The molecule has 5 heteroatoms. The van der Waals surface area contributed by atoms with Crippen LogP contribution >= 0.6 is 0 Å². The third kappa shape index (κ3) is 3.98. The van der Waals surface area contributed by atoms with Gasteiger partial charge in [0.15, 0.2) is 0 Å². The first kappa shape index (κ1) is 13.9. The van der Waals surface area contributed by atoms with Gasteiger partial charge in [0.1, 0.15) is 11.8 Å². The van der Waals surface area contributed by atoms with Crippen LogP contribution in [0.3, 0.4) is 0 Å². The number of carbonyl (C=O) groups is 1. The van der Waals surface area contributed by atoms with E-state index in [1.807, 2.05) is 31.2 Å². The van der Waals surface area contributed by atoms with Crippen LogP contribution < -0.4 is 10.7 Å². The Balaban J connectivity index is 1.86. The highest BCUT2D eigenvalue weighted by Crippen LogP contribution is 2.10. The predicted octanol–water partition coefficient (Wildman–Crippen LogP) is 2.54. The Morgan fingerprint density at radius 2 is 2.20 bits per heavy atom. The molecule has 20 heavy (non-hydrogen) atoms. The van der Waals surface area contributed by atoms with E-state index in [0.717, 1.165) is 11.3 Å². The number of aryl methyl sites for hydroxylation is 1. The summed E-state index contributed by atoms with van der Waals surface area (Å²) in [5, 5.41) is 6.95. The summed E-state index contributed by atoms with van der Waals surface area (Å²) >= 11 is 0. The molecule has 5 nitrogen and oxygen atoms in total. The normalized spacial score (nSPS) is 12.3. The molecule has 0 aliphatic carbocycles. The molecule has 0 saturated carbocycles. The van der Waals surface area contributed by atoms with Crippen LogP contribution in [0.25, 0.3) is 0 Å². The molecule has 0 unspecified atom stereocenters. The van der Waals surface area contributed by atoms with Crippen molar-refractivity contribution in [2.75, 3.05) is 5.32 Å². The van der Waals surface area contributed by atoms with Crippen molar-refractivity contribution in [2.45, 2.75) is 19.9 Å². The molecule has 2 N–H and O–H groups in total. The Morgan fingerprint density at radius 1 is 1.35 bits per heavy atom. The Morgan fingerprint density at radius 3 is 2.90 bits per heavy atom. The van der Waals surface area contributed by atoms with E-state index < -0.39 is 0 Å². The molecule has 0 fully saturated rings. The van der Waals surface area contributed by atoms with Crippen LogP contribution in [0, 0.1) is 6.92 Å². The van der Waals surface area contributed by atoms with Gasteiger partial charge in [-0.25, -0.2) is 5.43 Å². The van der Waals surface area contributed by atoms with Crippen molar-refractivity contribution >= 4 is 17.8 Å². The van der Waals surface area contributed by atoms with E-state index in [9.17, 15) is 4.79 Å². The van der Waals surface area contributed by atoms with Crippen LogP contribution in [0.4, 0.5) is 5.69 Å². The third-order valence-electron chi connectivity index (χ3n) is 2.70. The van der Waals surface area contributed by atoms with Gasteiger partial charge in [-0.15, -0.1) is 0 Å². The van der Waals surface area contributed by atoms with E-state index in [0.29, 0.717) is 5.76 Å². The highest BCUT2D eigenvalue weighted by Gasteiger charge is 2.11. The number of benzene rings is 1. The number of hydrogen-bond donors (Lipinski definition) is 2. The lowest BCUT2D eigenvalue weighted by molar-refractivity contribution is -0.121. The molecule has 0 spiro atoms. The summed E-state index contributed by atoms with van der Waals surface area (Å²) in [6.45, 7) is 3.78. The van der Waals surface area contributed by atoms with Gasteiger partial charge >= 0.3 is 0 Å². The smallest absolute Gasteiger partial charge is 0.262 e. The summed E-state index contributed by atoms with van der Waals surface area (Å²) in [6, 6.07) is 11.0. The Kier molecular flexibility index (Phi) is 4.55. The van der Waals surface area contributed by atoms with Crippen molar-refractivity contribution in [3.63, 3.8) is 0 Å². The molecule has 1 aromatic carbocycles. The zero-order valence-electron chi connectivity index (χ0n) is 11.5. The Hall–Kier alpha value is -2.56. The van der Waals surface area contributed by atoms with E-state index in [4.69, 9.17) is 4.42 Å². The molecule has 0 radical (unpaired) electrons. The summed E-state index contributed by atoms with van der Waals surface area (Å²) in [7, 11) is 0. The van der Waals surface area contributed by atoms with Gasteiger partial charge in [-0.1, -0.05) is 12.1 Å². The van der Waals surface area contributed by atoms with Crippen LogP contribution in [-0.4, -0.2) is 18.2 Å². The molecule has 1 heterocycles. The number of amides is 1. The maximum atomic E-state index is 11.8. The van der Waals surface area contributed by atoms with Gasteiger partial charge in [-0.05, 0) is 43.7 Å². The van der Waals surface area contributed by atoms with Crippen LogP contribution in [0.2, 0.25) is 0 Å². The third-order valence-corrected chi connectivity index (χ3v) is 2.70. The van der Waals surface area contributed by atoms with Crippen molar-refractivity contribution in [1.82, 2.24) is 5.43 Å². The number of carbonyl (C=O) groups excluding carboxylic acids is 1. The largest absolute Gasteiger partial charge is 0.463 e. The highest BCUT2D eigenvalue weighted by atomic mass is 16.3. The van der Waals surface area contributed by atoms with Crippen molar-refractivity contribution in [1.29, 1.82) is 0 Å². The molecular formula is C15H17N3O2. The standard InChI is InChI=1S/C15H17N3O2/c1-11-5-3-6-13(9-11)17-12(2)15(19)18-16-10-14-7-4-8-20-14/h3-10,12,17H,1-2H3,(H,18,19)/b16-10-/t12-/m0/s1. The second-order valence-electron chi connectivity index (χ2n) is 4.49. The Bertz CT molecular complexity index is 591. The van der Waals surface area contributed by atoms with Crippen LogP contribution in [0.15, 0.2) is 52.2 Å². The van der Waals surface area contributed by atoms with Crippen molar-refractivity contribution < 1.29 is 9.21 Å². The van der Waals surface area contributed by atoms with E-state index in [-0.39, 0.29) is 11.9 Å². The highest BCUT2D eigenvalue weighted by molar-refractivity contribution is 5.85. The minimum Gasteiger partial charge on any atom is -0.463 e. The first-order valence-corrected chi connectivity index (χ1v) is 6.35. The second kappa shape index (κ2) is 6.56. The zero-order valence-corrected chi connectivity index (χ0v) is 11.5. The lowest BCUT2D eigenvalue weighted by atomic mass is 10.2. The van der Waals surface area contributed by atoms with E-state index in [2.05, 4.69) is 15.8 Å². The van der Waals surface area contributed by atoms with Crippen molar-refractivity contribution in [3.8, 4) is 0 Å². The summed E-state index contributed by atoms with van der Waals surface area (Å²) < 4.78 is 5.07. The summed E-state index contributed by atoms with van der Waals surface area (Å²) in [5.41, 5.74) is 4.51. The van der Waals surface area contributed by atoms with Gasteiger partial charge in [0.25, 0.3) is 5.91 Å². The topological polar surface area (TPSA) is 66.6 Å². The van der Waals surface area contributed by atoms with Gasteiger partial charge in [-0.3, -0.25) is 4.79 Å². The average molecular weight is 271 g/mol. The van der Waals surface area contributed by atoms with Crippen molar-refractivity contribution in [3.05, 3.63) is 54.0 Å². The van der Waals surface area contributed by atoms with Crippen LogP contribution in [0.5, 0.6) is 0 Å². The quantitative estimate of drug-likeness (QED) is 0.648. The maximum absolute atomic E-state index is 11.8. The molecule has 0 aliphatic heterocycles. The SMILES string of the molecule is Cc1cccc(N[C@@H](C)C(=O)N/N=C\c2ccco2)c1. The molecule has 2 aromatic rings. The monoisotopic (exact) mass is 271 g/mol. The summed E-state index contributed by atoms with van der Waals surface area (Å²) in [5.74, 6) is 0.374. The number of furan rings is 1. The van der Waals surface area contributed by atoms with Gasteiger partial charge in [0.2, 0.25) is 0 Å².